The van der Waals surface area contributed by atoms with E-state index in [0.717, 1.165) is 30.3 Å². The zero-order chi connectivity index (χ0) is 19.3. The summed E-state index contributed by atoms with van der Waals surface area (Å²) >= 11 is 0. The normalized spacial score (nSPS) is 15.9. The quantitative estimate of drug-likeness (QED) is 0.282. The molecule has 0 aliphatic heterocycles. The molecule has 1 aromatic rings. The van der Waals surface area contributed by atoms with Crippen LogP contribution in [-0.2, 0) is 16.1 Å². The Labute approximate surface area is 163 Å². The number of hydrogen-bond donors (Lipinski definition) is 3. The van der Waals surface area contributed by atoms with E-state index in [4.69, 9.17) is 4.74 Å². The Kier molecular flexibility index (Phi) is 9.69. The van der Waals surface area contributed by atoms with Gasteiger partial charge in [-0.3, -0.25) is 4.79 Å². The molecule has 2 rings (SSSR count). The van der Waals surface area contributed by atoms with Gasteiger partial charge in [-0.15, -0.1) is 0 Å². The molecule has 1 amide bonds. The van der Waals surface area contributed by atoms with Crippen molar-refractivity contribution in [1.29, 1.82) is 0 Å². The first-order chi connectivity index (χ1) is 13.2. The number of amides is 1. The number of hydrogen-bond acceptors (Lipinski definition) is 3. The summed E-state index contributed by atoms with van der Waals surface area (Å²) in [5, 5.41) is 9.40. The van der Waals surface area contributed by atoms with Crippen LogP contribution >= 0.6 is 0 Å². The van der Waals surface area contributed by atoms with E-state index >= 15 is 0 Å². The van der Waals surface area contributed by atoms with Gasteiger partial charge in [-0.05, 0) is 37.5 Å². The largest absolute Gasteiger partial charge is 0.376 e. The first-order valence-electron chi connectivity index (χ1n) is 10.2. The van der Waals surface area contributed by atoms with Crippen molar-refractivity contribution in [3.63, 3.8) is 0 Å². The Hall–Kier alpha value is -2.08. The molecule has 0 heterocycles. The summed E-state index contributed by atoms with van der Waals surface area (Å²) in [6, 6.07) is 7.76. The third-order valence-electron chi connectivity index (χ3n) is 4.56. The van der Waals surface area contributed by atoms with Gasteiger partial charge in [-0.25, -0.2) is 4.99 Å². The number of rotatable bonds is 8. The number of anilines is 1. The fraction of sp³-hybridized carbons (Fsp3) is 0.619. The molecule has 0 unspecified atom stereocenters. The maximum atomic E-state index is 11.2. The van der Waals surface area contributed by atoms with Gasteiger partial charge in [0.25, 0.3) is 0 Å². The molecular weight excluding hydrogens is 340 g/mol. The molecule has 6 nitrogen and oxygen atoms in total. The van der Waals surface area contributed by atoms with E-state index in [1.807, 2.05) is 24.3 Å². The number of ether oxygens (including phenoxy) is 1. The van der Waals surface area contributed by atoms with E-state index in [-0.39, 0.29) is 5.91 Å². The standard InChI is InChI=1S/C21H34N4O2/c1-3-22-21(23-13-14-27-20-11-6-4-5-7-12-20)24-16-18-9-8-10-19(15-18)25-17(2)26/h8-10,15,20H,3-7,11-14,16H2,1-2H3,(H,25,26)(H2,22,23,24). The van der Waals surface area contributed by atoms with Gasteiger partial charge >= 0.3 is 0 Å². The highest BCUT2D eigenvalue weighted by Gasteiger charge is 2.12. The summed E-state index contributed by atoms with van der Waals surface area (Å²) in [5.74, 6) is 0.714. The average molecular weight is 375 g/mol. The number of carbonyl (C=O) groups excluding carboxylic acids is 1. The molecule has 1 aromatic carbocycles. The summed E-state index contributed by atoms with van der Waals surface area (Å²) < 4.78 is 6.02. The van der Waals surface area contributed by atoms with Crippen molar-refractivity contribution < 1.29 is 9.53 Å². The van der Waals surface area contributed by atoms with Crippen LogP contribution in [0.3, 0.4) is 0 Å². The van der Waals surface area contributed by atoms with Crippen molar-refractivity contribution in [3.8, 4) is 0 Å². The van der Waals surface area contributed by atoms with Gasteiger partial charge in [0.2, 0.25) is 5.91 Å². The summed E-state index contributed by atoms with van der Waals surface area (Å²) in [5.41, 5.74) is 1.85. The molecule has 1 saturated carbocycles. The number of nitrogens with one attached hydrogen (secondary N) is 3. The van der Waals surface area contributed by atoms with Crippen LogP contribution in [0.25, 0.3) is 0 Å². The van der Waals surface area contributed by atoms with Gasteiger partial charge in [-0.2, -0.15) is 0 Å². The number of carbonyl (C=O) groups is 1. The lowest BCUT2D eigenvalue weighted by atomic mass is 10.1. The van der Waals surface area contributed by atoms with Crippen molar-refractivity contribution in [2.24, 2.45) is 4.99 Å². The number of benzene rings is 1. The Bertz CT molecular complexity index is 596. The third-order valence-corrected chi connectivity index (χ3v) is 4.56. The predicted octanol–water partition coefficient (Wildman–Crippen LogP) is 3.44. The van der Waals surface area contributed by atoms with Crippen LogP contribution < -0.4 is 16.0 Å². The fourth-order valence-electron chi connectivity index (χ4n) is 3.27. The second-order valence-corrected chi connectivity index (χ2v) is 6.99. The van der Waals surface area contributed by atoms with E-state index in [2.05, 4.69) is 27.9 Å². The summed E-state index contributed by atoms with van der Waals surface area (Å²) in [4.78, 5) is 15.8. The zero-order valence-electron chi connectivity index (χ0n) is 16.7. The van der Waals surface area contributed by atoms with E-state index in [1.54, 1.807) is 0 Å². The van der Waals surface area contributed by atoms with Crippen molar-refractivity contribution in [1.82, 2.24) is 10.6 Å². The molecule has 27 heavy (non-hydrogen) atoms. The molecule has 6 heteroatoms. The lowest BCUT2D eigenvalue weighted by molar-refractivity contribution is -0.114. The molecule has 0 bridgehead atoms. The highest BCUT2D eigenvalue weighted by Crippen LogP contribution is 2.19. The van der Waals surface area contributed by atoms with Gasteiger partial charge in [0.1, 0.15) is 0 Å². The van der Waals surface area contributed by atoms with Crippen molar-refractivity contribution >= 4 is 17.6 Å². The van der Waals surface area contributed by atoms with Gasteiger partial charge in [0.15, 0.2) is 5.96 Å². The Morgan fingerprint density at radius 2 is 1.96 bits per heavy atom. The Balaban J connectivity index is 1.78. The minimum atomic E-state index is -0.0701. The SMILES string of the molecule is CCNC(=NCc1cccc(NC(C)=O)c1)NCCOC1CCCCCC1. The van der Waals surface area contributed by atoms with Crippen molar-refractivity contribution in [2.45, 2.75) is 65.0 Å². The van der Waals surface area contributed by atoms with E-state index < -0.39 is 0 Å². The number of aliphatic imine (C=N–C) groups is 1. The topological polar surface area (TPSA) is 74.8 Å². The Morgan fingerprint density at radius 3 is 2.67 bits per heavy atom. The van der Waals surface area contributed by atoms with E-state index in [0.29, 0.717) is 19.3 Å². The molecular formula is C21H34N4O2. The molecule has 0 aromatic heterocycles. The molecule has 3 N–H and O–H groups in total. The van der Waals surface area contributed by atoms with Gasteiger partial charge in [0.05, 0.1) is 19.3 Å². The smallest absolute Gasteiger partial charge is 0.221 e. The lowest BCUT2D eigenvalue weighted by Crippen LogP contribution is -2.39. The highest BCUT2D eigenvalue weighted by molar-refractivity contribution is 5.88. The van der Waals surface area contributed by atoms with Crippen LogP contribution in [0.2, 0.25) is 0 Å². The molecule has 1 aliphatic carbocycles. The third kappa shape index (κ3) is 8.91. The van der Waals surface area contributed by atoms with Crippen LogP contribution in [0.5, 0.6) is 0 Å². The second kappa shape index (κ2) is 12.3. The maximum Gasteiger partial charge on any atom is 0.221 e. The molecule has 1 fully saturated rings. The fourth-order valence-corrected chi connectivity index (χ4v) is 3.27. The van der Waals surface area contributed by atoms with Gasteiger partial charge in [-0.1, -0.05) is 37.8 Å². The molecule has 0 atom stereocenters. The predicted molar refractivity (Wildman–Crippen MR) is 111 cm³/mol. The maximum absolute atomic E-state index is 11.2. The Morgan fingerprint density at radius 1 is 1.19 bits per heavy atom. The van der Waals surface area contributed by atoms with Crippen molar-refractivity contribution in [2.75, 3.05) is 25.0 Å². The molecule has 150 valence electrons. The summed E-state index contributed by atoms with van der Waals surface area (Å²) in [6.45, 7) is 6.36. The van der Waals surface area contributed by atoms with Gasteiger partial charge < -0.3 is 20.7 Å². The monoisotopic (exact) mass is 374 g/mol. The summed E-state index contributed by atoms with van der Waals surface area (Å²) in [7, 11) is 0. The first kappa shape index (κ1) is 21.2. The van der Waals surface area contributed by atoms with Crippen molar-refractivity contribution in [3.05, 3.63) is 29.8 Å². The lowest BCUT2D eigenvalue weighted by Gasteiger charge is -2.16. The number of nitrogens with zero attached hydrogens (tertiary/aromatic N) is 1. The summed E-state index contributed by atoms with van der Waals surface area (Å²) in [6.07, 6.45) is 8.08. The van der Waals surface area contributed by atoms with E-state index in [9.17, 15) is 4.79 Å². The second-order valence-electron chi connectivity index (χ2n) is 6.99. The van der Waals surface area contributed by atoms with Gasteiger partial charge in [0, 0.05) is 25.7 Å². The zero-order valence-corrected chi connectivity index (χ0v) is 16.7. The molecule has 1 aliphatic rings. The minimum absolute atomic E-state index is 0.0701. The minimum Gasteiger partial charge on any atom is -0.376 e. The van der Waals surface area contributed by atoms with Crippen LogP contribution in [0.4, 0.5) is 5.69 Å². The van der Waals surface area contributed by atoms with Crippen LogP contribution in [0, 0.1) is 0 Å². The first-order valence-corrected chi connectivity index (χ1v) is 10.2. The van der Waals surface area contributed by atoms with Crippen LogP contribution in [0.1, 0.15) is 57.9 Å². The highest BCUT2D eigenvalue weighted by atomic mass is 16.5. The average Bonchev–Trinajstić information content (AvgIpc) is 2.92. The molecule has 0 saturated heterocycles. The molecule has 0 radical (unpaired) electrons. The molecule has 0 spiro atoms. The van der Waals surface area contributed by atoms with Crippen LogP contribution in [-0.4, -0.2) is 37.7 Å². The number of guanidine groups is 1. The van der Waals surface area contributed by atoms with E-state index in [1.165, 1.54) is 45.4 Å². The van der Waals surface area contributed by atoms with Crippen LogP contribution in [0.15, 0.2) is 29.3 Å².